The van der Waals surface area contributed by atoms with E-state index < -0.39 is 0 Å². The van der Waals surface area contributed by atoms with Crippen LogP contribution in [-0.2, 0) is 7.05 Å². The van der Waals surface area contributed by atoms with E-state index in [0.29, 0.717) is 0 Å². The summed E-state index contributed by atoms with van der Waals surface area (Å²) in [7, 11) is 1.87. The van der Waals surface area contributed by atoms with Crippen molar-refractivity contribution in [2.24, 2.45) is 12.8 Å². The number of halogens is 2. The van der Waals surface area contributed by atoms with E-state index in [9.17, 15) is 0 Å². The van der Waals surface area contributed by atoms with Crippen LogP contribution in [0.1, 0.15) is 30.8 Å². The monoisotopic (exact) mass is 226 g/mol. The Hall–Kier alpha value is -0.320. The fraction of sp³-hybridized carbons (Fsp3) is 0.714. The number of hydrogen-bond acceptors (Lipinski definition) is 3. The van der Waals surface area contributed by atoms with Crippen LogP contribution < -0.4 is 5.73 Å². The molecule has 1 heterocycles. The van der Waals surface area contributed by atoms with Crippen LogP contribution in [0.2, 0.25) is 0 Å². The van der Waals surface area contributed by atoms with Gasteiger partial charge in [-0.2, -0.15) is 0 Å². The second kappa shape index (κ2) is 6.18. The van der Waals surface area contributed by atoms with Crippen LogP contribution in [0.3, 0.4) is 0 Å². The van der Waals surface area contributed by atoms with Gasteiger partial charge in [0.25, 0.3) is 0 Å². The van der Waals surface area contributed by atoms with Gasteiger partial charge in [-0.15, -0.1) is 29.9 Å². The molecule has 0 spiro atoms. The van der Waals surface area contributed by atoms with Crippen molar-refractivity contribution in [3.63, 3.8) is 0 Å². The summed E-state index contributed by atoms with van der Waals surface area (Å²) >= 11 is 0. The summed E-state index contributed by atoms with van der Waals surface area (Å²) in [6.07, 6.45) is 0.919. The lowest BCUT2D eigenvalue weighted by molar-refractivity contribution is 0.596. The van der Waals surface area contributed by atoms with Crippen LogP contribution >= 0.6 is 24.8 Å². The molecular formula is C7H16Cl2N4. The molecule has 1 aromatic rings. The molecular weight excluding hydrogens is 211 g/mol. The number of aryl methyl sites for hydroxylation is 2. The summed E-state index contributed by atoms with van der Waals surface area (Å²) in [6, 6.07) is 0.0648. The maximum Gasteiger partial charge on any atom is 0.0844 e. The van der Waals surface area contributed by atoms with Gasteiger partial charge in [-0.3, -0.25) is 4.68 Å². The van der Waals surface area contributed by atoms with E-state index in [1.807, 2.05) is 14.0 Å². The molecule has 78 valence electrons. The van der Waals surface area contributed by atoms with E-state index in [0.717, 1.165) is 17.8 Å². The number of hydrogen-bond donors (Lipinski definition) is 1. The van der Waals surface area contributed by atoms with Crippen molar-refractivity contribution >= 4 is 24.8 Å². The fourth-order valence-corrected chi connectivity index (χ4v) is 1.17. The molecule has 1 aromatic heterocycles. The van der Waals surface area contributed by atoms with Gasteiger partial charge in [0.05, 0.1) is 11.4 Å². The summed E-state index contributed by atoms with van der Waals surface area (Å²) in [4.78, 5) is 0. The minimum Gasteiger partial charge on any atom is -0.323 e. The van der Waals surface area contributed by atoms with Gasteiger partial charge in [0.15, 0.2) is 0 Å². The van der Waals surface area contributed by atoms with Gasteiger partial charge >= 0.3 is 0 Å². The first-order valence-corrected chi connectivity index (χ1v) is 3.78. The van der Waals surface area contributed by atoms with Crippen molar-refractivity contribution in [1.82, 2.24) is 15.0 Å². The summed E-state index contributed by atoms with van der Waals surface area (Å²) in [6.45, 7) is 3.98. The molecule has 0 aliphatic carbocycles. The molecule has 2 N–H and O–H groups in total. The Morgan fingerprint density at radius 3 is 2.31 bits per heavy atom. The van der Waals surface area contributed by atoms with Crippen molar-refractivity contribution in [2.45, 2.75) is 26.3 Å². The third-order valence-electron chi connectivity index (χ3n) is 1.84. The lowest BCUT2D eigenvalue weighted by Gasteiger charge is -2.08. The third kappa shape index (κ3) is 3.14. The van der Waals surface area contributed by atoms with Crippen molar-refractivity contribution < 1.29 is 0 Å². The van der Waals surface area contributed by atoms with Crippen molar-refractivity contribution in [3.8, 4) is 0 Å². The zero-order valence-corrected chi connectivity index (χ0v) is 9.65. The van der Waals surface area contributed by atoms with Crippen LogP contribution in [0, 0.1) is 6.92 Å². The largest absolute Gasteiger partial charge is 0.323 e. The molecule has 0 aromatic carbocycles. The highest BCUT2D eigenvalue weighted by molar-refractivity contribution is 5.85. The Bertz CT molecular complexity index is 229. The Kier molecular flexibility index (Phi) is 7.21. The van der Waals surface area contributed by atoms with Crippen LogP contribution in [-0.4, -0.2) is 15.0 Å². The quantitative estimate of drug-likeness (QED) is 0.830. The van der Waals surface area contributed by atoms with E-state index in [4.69, 9.17) is 5.73 Å². The predicted octanol–water partition coefficient (Wildman–Crippen LogP) is 1.38. The SMILES string of the molecule is CC[C@H](N)c1c(C)nnn1C.Cl.Cl. The lowest BCUT2D eigenvalue weighted by Crippen LogP contribution is -2.14. The molecule has 1 atom stereocenters. The second-order valence-electron chi connectivity index (χ2n) is 2.70. The lowest BCUT2D eigenvalue weighted by atomic mass is 10.1. The van der Waals surface area contributed by atoms with Crippen LogP contribution in [0.5, 0.6) is 0 Å². The Morgan fingerprint density at radius 2 is 2.00 bits per heavy atom. The first kappa shape index (κ1) is 15.2. The molecule has 4 nitrogen and oxygen atoms in total. The molecule has 0 aliphatic heterocycles. The number of aromatic nitrogens is 3. The van der Waals surface area contributed by atoms with Gasteiger partial charge in [0.2, 0.25) is 0 Å². The molecule has 0 aliphatic rings. The third-order valence-corrected chi connectivity index (χ3v) is 1.84. The van der Waals surface area contributed by atoms with E-state index >= 15 is 0 Å². The standard InChI is InChI=1S/C7H14N4.2ClH/c1-4-6(8)7-5(2)9-10-11(7)3;;/h6H,4,8H2,1-3H3;2*1H/t6-;;/m0../s1. The molecule has 0 unspecified atom stereocenters. The second-order valence-corrected chi connectivity index (χ2v) is 2.70. The topological polar surface area (TPSA) is 56.7 Å². The smallest absolute Gasteiger partial charge is 0.0844 e. The highest BCUT2D eigenvalue weighted by Gasteiger charge is 2.12. The molecule has 0 amide bonds. The normalized spacial score (nSPS) is 11.4. The Labute approximate surface area is 90.7 Å². The Morgan fingerprint density at radius 1 is 1.46 bits per heavy atom. The highest BCUT2D eigenvalue weighted by atomic mass is 35.5. The van der Waals surface area contributed by atoms with Crippen molar-refractivity contribution in [3.05, 3.63) is 11.4 Å². The maximum absolute atomic E-state index is 5.84. The average Bonchev–Trinajstić information content (AvgIpc) is 2.30. The fourth-order valence-electron chi connectivity index (χ4n) is 1.17. The molecule has 13 heavy (non-hydrogen) atoms. The van der Waals surface area contributed by atoms with Gasteiger partial charge in [-0.05, 0) is 13.3 Å². The average molecular weight is 227 g/mol. The van der Waals surface area contributed by atoms with Gasteiger partial charge in [0.1, 0.15) is 0 Å². The molecule has 0 saturated heterocycles. The summed E-state index contributed by atoms with van der Waals surface area (Å²) in [5.74, 6) is 0. The van der Waals surface area contributed by atoms with Gasteiger partial charge < -0.3 is 5.73 Å². The highest BCUT2D eigenvalue weighted by Crippen LogP contribution is 2.14. The van der Waals surface area contributed by atoms with Crippen molar-refractivity contribution in [2.75, 3.05) is 0 Å². The van der Waals surface area contributed by atoms with E-state index in [1.165, 1.54) is 0 Å². The number of rotatable bonds is 2. The summed E-state index contributed by atoms with van der Waals surface area (Å²) in [5, 5.41) is 7.79. The van der Waals surface area contributed by atoms with Crippen LogP contribution in [0.25, 0.3) is 0 Å². The maximum atomic E-state index is 5.84. The van der Waals surface area contributed by atoms with Gasteiger partial charge in [-0.1, -0.05) is 12.1 Å². The molecule has 0 fully saturated rings. The van der Waals surface area contributed by atoms with Crippen molar-refractivity contribution in [1.29, 1.82) is 0 Å². The summed E-state index contributed by atoms with van der Waals surface area (Å²) < 4.78 is 1.74. The van der Waals surface area contributed by atoms with E-state index in [1.54, 1.807) is 4.68 Å². The molecule has 0 bridgehead atoms. The van der Waals surface area contributed by atoms with E-state index in [2.05, 4.69) is 17.2 Å². The first-order valence-electron chi connectivity index (χ1n) is 3.78. The zero-order chi connectivity index (χ0) is 8.43. The van der Waals surface area contributed by atoms with Gasteiger partial charge in [0, 0.05) is 13.1 Å². The molecule has 6 heteroatoms. The van der Waals surface area contributed by atoms with Crippen LogP contribution in [0.15, 0.2) is 0 Å². The Balaban J connectivity index is 0. The molecule has 0 saturated carbocycles. The number of nitrogens with two attached hydrogens (primary N) is 1. The zero-order valence-electron chi connectivity index (χ0n) is 8.02. The number of nitrogens with zero attached hydrogens (tertiary/aromatic N) is 3. The molecule has 0 radical (unpaired) electrons. The van der Waals surface area contributed by atoms with E-state index in [-0.39, 0.29) is 30.9 Å². The predicted molar refractivity (Wildman–Crippen MR) is 57.5 cm³/mol. The van der Waals surface area contributed by atoms with Crippen LogP contribution in [0.4, 0.5) is 0 Å². The first-order chi connectivity index (χ1) is 5.16. The summed E-state index contributed by atoms with van der Waals surface area (Å²) in [5.41, 5.74) is 7.81. The minimum atomic E-state index is 0. The minimum absolute atomic E-state index is 0. The molecule has 1 rings (SSSR count). The van der Waals surface area contributed by atoms with Gasteiger partial charge in [-0.25, -0.2) is 0 Å².